The Balaban J connectivity index is 2.37. The highest BCUT2D eigenvalue weighted by molar-refractivity contribution is 5.15. The molecule has 1 atom stereocenters. The Morgan fingerprint density at radius 2 is 1.94 bits per heavy atom. The Bertz CT molecular complexity index is 311. The number of nitrogens with zero attached hydrogens (tertiary/aromatic N) is 1. The summed E-state index contributed by atoms with van der Waals surface area (Å²) in [4.78, 5) is 2.27. The van der Waals surface area contributed by atoms with Gasteiger partial charge in [-0.25, -0.2) is 4.39 Å². The first kappa shape index (κ1) is 14.1. The number of hydrogen-bond donors (Lipinski definition) is 1. The number of rotatable bonds is 7. The molecular formula is C14H23FN2. The Morgan fingerprint density at radius 1 is 1.29 bits per heavy atom. The second-order valence-corrected chi connectivity index (χ2v) is 4.59. The summed E-state index contributed by atoms with van der Waals surface area (Å²) >= 11 is 0. The van der Waals surface area contributed by atoms with Gasteiger partial charge in [-0.1, -0.05) is 19.1 Å². The van der Waals surface area contributed by atoms with Crippen molar-refractivity contribution in [1.29, 1.82) is 0 Å². The van der Waals surface area contributed by atoms with Crippen molar-refractivity contribution in [3.05, 3.63) is 35.6 Å². The lowest BCUT2D eigenvalue weighted by Gasteiger charge is -2.25. The number of hydrogen-bond acceptors (Lipinski definition) is 2. The van der Waals surface area contributed by atoms with Crippen LogP contribution in [0, 0.1) is 5.82 Å². The van der Waals surface area contributed by atoms with Crippen LogP contribution in [0.1, 0.15) is 25.8 Å². The van der Waals surface area contributed by atoms with Crippen molar-refractivity contribution in [2.45, 2.75) is 32.9 Å². The van der Waals surface area contributed by atoms with Gasteiger partial charge < -0.3 is 5.32 Å². The number of halogens is 1. The fraction of sp³-hybridized carbons (Fsp3) is 0.571. The maximum absolute atomic E-state index is 12.8. The number of nitrogens with one attached hydrogen (secondary N) is 1. The van der Waals surface area contributed by atoms with E-state index in [2.05, 4.69) is 31.1 Å². The molecule has 17 heavy (non-hydrogen) atoms. The van der Waals surface area contributed by atoms with E-state index in [9.17, 15) is 4.39 Å². The van der Waals surface area contributed by atoms with Crippen LogP contribution < -0.4 is 5.32 Å². The molecule has 0 aliphatic rings. The second-order valence-electron chi connectivity index (χ2n) is 4.59. The molecule has 2 nitrogen and oxygen atoms in total. The van der Waals surface area contributed by atoms with E-state index in [1.54, 1.807) is 0 Å². The van der Waals surface area contributed by atoms with Crippen molar-refractivity contribution in [3.63, 3.8) is 0 Å². The van der Waals surface area contributed by atoms with Gasteiger partial charge in [-0.15, -0.1) is 0 Å². The topological polar surface area (TPSA) is 15.3 Å². The fourth-order valence-electron chi connectivity index (χ4n) is 1.68. The molecule has 0 spiro atoms. The molecule has 96 valence electrons. The molecule has 1 aromatic carbocycles. The highest BCUT2D eigenvalue weighted by Gasteiger charge is 2.08. The molecular weight excluding hydrogens is 215 g/mol. The third kappa shape index (κ3) is 5.29. The van der Waals surface area contributed by atoms with Crippen LogP contribution in [0.15, 0.2) is 24.3 Å². The van der Waals surface area contributed by atoms with Crippen LogP contribution >= 0.6 is 0 Å². The van der Waals surface area contributed by atoms with Gasteiger partial charge in [0.25, 0.3) is 0 Å². The van der Waals surface area contributed by atoms with Crippen LogP contribution in [0.25, 0.3) is 0 Å². The fourth-order valence-corrected chi connectivity index (χ4v) is 1.68. The summed E-state index contributed by atoms with van der Waals surface area (Å²) in [6.07, 6.45) is 1.16. The van der Waals surface area contributed by atoms with Gasteiger partial charge in [0.05, 0.1) is 0 Å². The molecule has 0 amide bonds. The summed E-state index contributed by atoms with van der Waals surface area (Å²) in [5, 5.41) is 3.41. The van der Waals surface area contributed by atoms with Crippen molar-refractivity contribution in [2.24, 2.45) is 0 Å². The second kappa shape index (κ2) is 7.41. The van der Waals surface area contributed by atoms with Gasteiger partial charge in [0, 0.05) is 19.1 Å². The molecule has 0 aromatic heterocycles. The first-order valence-electron chi connectivity index (χ1n) is 6.29. The summed E-state index contributed by atoms with van der Waals surface area (Å²) < 4.78 is 12.8. The Labute approximate surface area is 104 Å². The van der Waals surface area contributed by atoms with E-state index in [1.807, 2.05) is 12.1 Å². The normalized spacial score (nSPS) is 13.0. The maximum atomic E-state index is 12.8. The molecule has 0 aliphatic carbocycles. The van der Waals surface area contributed by atoms with Gasteiger partial charge in [0.1, 0.15) is 5.82 Å². The molecule has 1 N–H and O–H groups in total. The largest absolute Gasteiger partial charge is 0.315 e. The molecule has 1 unspecified atom stereocenters. The quantitative estimate of drug-likeness (QED) is 0.735. The van der Waals surface area contributed by atoms with Gasteiger partial charge >= 0.3 is 0 Å². The van der Waals surface area contributed by atoms with E-state index in [4.69, 9.17) is 0 Å². The van der Waals surface area contributed by atoms with Crippen molar-refractivity contribution >= 4 is 0 Å². The molecule has 3 heteroatoms. The van der Waals surface area contributed by atoms with E-state index in [1.165, 1.54) is 12.1 Å². The molecule has 0 saturated heterocycles. The first-order chi connectivity index (χ1) is 8.13. The third-order valence-electron chi connectivity index (χ3n) is 2.96. The van der Waals surface area contributed by atoms with Crippen LogP contribution in [0.4, 0.5) is 4.39 Å². The van der Waals surface area contributed by atoms with Crippen molar-refractivity contribution in [2.75, 3.05) is 20.1 Å². The molecule has 1 rings (SSSR count). The lowest BCUT2D eigenvalue weighted by atomic mass is 10.2. The summed E-state index contributed by atoms with van der Waals surface area (Å²) in [6, 6.07) is 7.20. The van der Waals surface area contributed by atoms with Crippen LogP contribution in [0.3, 0.4) is 0 Å². The molecule has 1 aromatic rings. The van der Waals surface area contributed by atoms with Crippen molar-refractivity contribution < 1.29 is 4.39 Å². The van der Waals surface area contributed by atoms with Gasteiger partial charge in [-0.2, -0.15) is 0 Å². The molecule has 0 bridgehead atoms. The molecule has 0 aliphatic heterocycles. The highest BCUT2D eigenvalue weighted by Crippen LogP contribution is 2.07. The van der Waals surface area contributed by atoms with Crippen molar-refractivity contribution in [3.8, 4) is 0 Å². The van der Waals surface area contributed by atoms with Gasteiger partial charge in [0.2, 0.25) is 0 Å². The number of likely N-dealkylation sites (N-methyl/N-ethyl adjacent to an activating group) is 1. The van der Waals surface area contributed by atoms with E-state index in [0.29, 0.717) is 6.04 Å². The SMILES string of the molecule is CCCNCC(C)N(C)Cc1ccc(F)cc1. The van der Waals surface area contributed by atoms with Crippen LogP contribution in [-0.4, -0.2) is 31.1 Å². The van der Waals surface area contributed by atoms with E-state index >= 15 is 0 Å². The summed E-state index contributed by atoms with van der Waals surface area (Å²) in [5.74, 6) is -0.172. The Kier molecular flexibility index (Phi) is 6.16. The zero-order chi connectivity index (χ0) is 12.7. The smallest absolute Gasteiger partial charge is 0.123 e. The summed E-state index contributed by atoms with van der Waals surface area (Å²) in [7, 11) is 2.10. The van der Waals surface area contributed by atoms with Crippen molar-refractivity contribution in [1.82, 2.24) is 10.2 Å². The molecule has 0 heterocycles. The van der Waals surface area contributed by atoms with Gasteiger partial charge in [0.15, 0.2) is 0 Å². The Morgan fingerprint density at radius 3 is 2.53 bits per heavy atom. The van der Waals surface area contributed by atoms with Crippen LogP contribution in [0.5, 0.6) is 0 Å². The maximum Gasteiger partial charge on any atom is 0.123 e. The average molecular weight is 238 g/mol. The van der Waals surface area contributed by atoms with Gasteiger partial charge in [-0.05, 0) is 44.6 Å². The Hall–Kier alpha value is -0.930. The first-order valence-corrected chi connectivity index (χ1v) is 6.29. The average Bonchev–Trinajstić information content (AvgIpc) is 2.32. The lowest BCUT2D eigenvalue weighted by Crippen LogP contribution is -2.37. The van der Waals surface area contributed by atoms with Crippen LogP contribution in [-0.2, 0) is 6.54 Å². The van der Waals surface area contributed by atoms with Crippen LogP contribution in [0.2, 0.25) is 0 Å². The van der Waals surface area contributed by atoms with E-state index in [-0.39, 0.29) is 5.82 Å². The number of benzene rings is 1. The molecule has 0 fully saturated rings. The monoisotopic (exact) mass is 238 g/mol. The van der Waals surface area contributed by atoms with Gasteiger partial charge in [-0.3, -0.25) is 4.90 Å². The minimum absolute atomic E-state index is 0.172. The molecule has 0 saturated carbocycles. The zero-order valence-corrected chi connectivity index (χ0v) is 11.0. The predicted octanol–water partition coefficient (Wildman–Crippen LogP) is 2.65. The third-order valence-corrected chi connectivity index (χ3v) is 2.96. The highest BCUT2D eigenvalue weighted by atomic mass is 19.1. The standard InChI is InChI=1S/C14H23FN2/c1-4-9-16-10-12(2)17(3)11-13-5-7-14(15)8-6-13/h5-8,12,16H,4,9-11H2,1-3H3. The van der Waals surface area contributed by atoms with E-state index in [0.717, 1.165) is 31.6 Å². The summed E-state index contributed by atoms with van der Waals surface area (Å²) in [6.45, 7) is 7.28. The molecule has 0 radical (unpaired) electrons. The lowest BCUT2D eigenvalue weighted by molar-refractivity contribution is 0.243. The van der Waals surface area contributed by atoms with E-state index < -0.39 is 0 Å². The zero-order valence-electron chi connectivity index (χ0n) is 11.0. The minimum Gasteiger partial charge on any atom is -0.315 e. The minimum atomic E-state index is -0.172. The summed E-state index contributed by atoms with van der Waals surface area (Å²) in [5.41, 5.74) is 1.15. The predicted molar refractivity (Wildman–Crippen MR) is 70.5 cm³/mol.